The summed E-state index contributed by atoms with van der Waals surface area (Å²) in [5, 5.41) is 0. The zero-order valence-corrected chi connectivity index (χ0v) is 16.5. The van der Waals surface area contributed by atoms with E-state index in [0.29, 0.717) is 25.2 Å². The second kappa shape index (κ2) is 10.5. The Morgan fingerprint density at radius 2 is 1.89 bits per heavy atom. The molecule has 0 saturated heterocycles. The van der Waals surface area contributed by atoms with Crippen LogP contribution in [-0.2, 0) is 11.2 Å². The standard InChI is InChI=1S/C23H29NO3/c1-4-8-18(20-9-6-7-10-23(20)27-14-13-26-3)16-22(25)19-11-12-21(24)17(5-2)15-19/h6-12,15H,4-5,13-14,16,24H2,1-3H3/b18-8+. The maximum absolute atomic E-state index is 12.9. The van der Waals surface area contributed by atoms with Crippen LogP contribution in [0.3, 0.4) is 0 Å². The van der Waals surface area contributed by atoms with E-state index in [0.717, 1.165) is 41.0 Å². The van der Waals surface area contributed by atoms with Gasteiger partial charge < -0.3 is 15.2 Å². The molecule has 0 aliphatic heterocycles. The van der Waals surface area contributed by atoms with Crippen molar-refractivity contribution in [1.29, 1.82) is 0 Å². The van der Waals surface area contributed by atoms with E-state index in [4.69, 9.17) is 15.2 Å². The molecule has 0 fully saturated rings. The van der Waals surface area contributed by atoms with E-state index in [2.05, 4.69) is 13.0 Å². The van der Waals surface area contributed by atoms with E-state index >= 15 is 0 Å². The number of nitrogen functional groups attached to an aromatic ring is 1. The number of rotatable bonds is 10. The first-order chi connectivity index (χ1) is 13.1. The summed E-state index contributed by atoms with van der Waals surface area (Å²) in [5.74, 6) is 0.852. The Kier molecular flexibility index (Phi) is 8.08. The van der Waals surface area contributed by atoms with Crippen molar-refractivity contribution in [2.45, 2.75) is 33.1 Å². The Hall–Kier alpha value is -2.59. The van der Waals surface area contributed by atoms with Crippen molar-refractivity contribution < 1.29 is 14.3 Å². The minimum absolute atomic E-state index is 0.0797. The topological polar surface area (TPSA) is 61.6 Å². The number of aryl methyl sites for hydroxylation is 1. The van der Waals surface area contributed by atoms with Gasteiger partial charge in [0.2, 0.25) is 0 Å². The Labute approximate surface area is 162 Å². The van der Waals surface area contributed by atoms with Crippen molar-refractivity contribution >= 4 is 17.0 Å². The van der Waals surface area contributed by atoms with Crippen molar-refractivity contribution in [2.24, 2.45) is 0 Å². The molecule has 0 atom stereocenters. The maximum Gasteiger partial charge on any atom is 0.167 e. The number of anilines is 1. The van der Waals surface area contributed by atoms with Crippen LogP contribution >= 0.6 is 0 Å². The fourth-order valence-corrected chi connectivity index (χ4v) is 2.98. The number of para-hydroxylation sites is 1. The number of benzene rings is 2. The van der Waals surface area contributed by atoms with Gasteiger partial charge in [-0.3, -0.25) is 4.79 Å². The number of ether oxygens (including phenoxy) is 2. The number of nitrogens with two attached hydrogens (primary N) is 1. The molecule has 2 aromatic carbocycles. The normalized spacial score (nSPS) is 11.4. The van der Waals surface area contributed by atoms with Crippen molar-refractivity contribution in [2.75, 3.05) is 26.1 Å². The molecule has 4 nitrogen and oxygen atoms in total. The highest BCUT2D eigenvalue weighted by Crippen LogP contribution is 2.30. The molecule has 0 radical (unpaired) electrons. The summed E-state index contributed by atoms with van der Waals surface area (Å²) >= 11 is 0. The average molecular weight is 367 g/mol. The number of allylic oxidation sites excluding steroid dienone is 2. The fraction of sp³-hybridized carbons (Fsp3) is 0.348. The molecule has 144 valence electrons. The lowest BCUT2D eigenvalue weighted by molar-refractivity contribution is 0.0998. The number of Topliss-reactive ketones (excluding diaryl/α,β-unsaturated/α-hetero) is 1. The Balaban J connectivity index is 2.26. The molecule has 0 spiro atoms. The van der Waals surface area contributed by atoms with E-state index in [1.165, 1.54) is 0 Å². The van der Waals surface area contributed by atoms with Crippen LogP contribution in [0.1, 0.15) is 48.2 Å². The predicted octanol–water partition coefficient (Wildman–Crippen LogP) is 4.92. The van der Waals surface area contributed by atoms with Gasteiger partial charge in [0.15, 0.2) is 5.78 Å². The molecule has 0 heterocycles. The van der Waals surface area contributed by atoms with Crippen LogP contribution in [0, 0.1) is 0 Å². The molecule has 0 unspecified atom stereocenters. The van der Waals surface area contributed by atoms with Crippen LogP contribution in [-0.4, -0.2) is 26.1 Å². The lowest BCUT2D eigenvalue weighted by Crippen LogP contribution is -2.07. The van der Waals surface area contributed by atoms with Crippen LogP contribution in [0.2, 0.25) is 0 Å². The molecule has 2 rings (SSSR count). The largest absolute Gasteiger partial charge is 0.491 e. The van der Waals surface area contributed by atoms with Gasteiger partial charge in [0, 0.05) is 30.3 Å². The van der Waals surface area contributed by atoms with Crippen molar-refractivity contribution in [1.82, 2.24) is 0 Å². The Morgan fingerprint density at radius 3 is 2.59 bits per heavy atom. The number of ketones is 1. The van der Waals surface area contributed by atoms with Crippen LogP contribution in [0.5, 0.6) is 5.75 Å². The first-order valence-corrected chi connectivity index (χ1v) is 9.42. The molecule has 0 bridgehead atoms. The summed E-state index contributed by atoms with van der Waals surface area (Å²) in [6, 6.07) is 13.4. The smallest absolute Gasteiger partial charge is 0.167 e. The molecule has 2 aromatic rings. The first kappa shape index (κ1) is 20.7. The molecule has 4 heteroatoms. The van der Waals surface area contributed by atoms with E-state index in [1.54, 1.807) is 13.2 Å². The zero-order valence-electron chi connectivity index (χ0n) is 16.5. The van der Waals surface area contributed by atoms with Crippen LogP contribution in [0.25, 0.3) is 5.57 Å². The fourth-order valence-electron chi connectivity index (χ4n) is 2.98. The highest BCUT2D eigenvalue weighted by atomic mass is 16.5. The Morgan fingerprint density at radius 1 is 1.11 bits per heavy atom. The van der Waals surface area contributed by atoms with Gasteiger partial charge in [-0.15, -0.1) is 0 Å². The Bertz CT molecular complexity index is 796. The second-order valence-corrected chi connectivity index (χ2v) is 6.34. The number of hydrogen-bond acceptors (Lipinski definition) is 4. The van der Waals surface area contributed by atoms with E-state index in [-0.39, 0.29) is 5.78 Å². The monoisotopic (exact) mass is 367 g/mol. The predicted molar refractivity (Wildman–Crippen MR) is 111 cm³/mol. The third-order valence-electron chi connectivity index (χ3n) is 4.43. The highest BCUT2D eigenvalue weighted by Gasteiger charge is 2.15. The SMILES string of the molecule is CC/C=C(\CC(=O)c1ccc(N)c(CC)c1)c1ccccc1OCCOC. The van der Waals surface area contributed by atoms with Gasteiger partial charge in [0.25, 0.3) is 0 Å². The summed E-state index contributed by atoms with van der Waals surface area (Å²) in [7, 11) is 1.65. The molecule has 0 aliphatic carbocycles. The summed E-state index contributed by atoms with van der Waals surface area (Å²) < 4.78 is 10.9. The van der Waals surface area contributed by atoms with E-state index < -0.39 is 0 Å². The minimum Gasteiger partial charge on any atom is -0.491 e. The van der Waals surface area contributed by atoms with Gasteiger partial charge in [0.05, 0.1) is 6.61 Å². The van der Waals surface area contributed by atoms with Gasteiger partial charge in [-0.2, -0.15) is 0 Å². The molecule has 0 aliphatic rings. The molecule has 2 N–H and O–H groups in total. The van der Waals surface area contributed by atoms with E-state index in [1.807, 2.05) is 43.3 Å². The quantitative estimate of drug-likeness (QED) is 0.368. The minimum atomic E-state index is 0.0797. The summed E-state index contributed by atoms with van der Waals surface area (Å²) in [5.41, 5.74) is 10.3. The average Bonchev–Trinajstić information content (AvgIpc) is 2.68. The molecular weight excluding hydrogens is 338 g/mol. The van der Waals surface area contributed by atoms with Gasteiger partial charge in [0.1, 0.15) is 12.4 Å². The van der Waals surface area contributed by atoms with Crippen LogP contribution in [0.15, 0.2) is 48.5 Å². The number of carbonyl (C=O) groups excluding carboxylic acids is 1. The second-order valence-electron chi connectivity index (χ2n) is 6.34. The summed E-state index contributed by atoms with van der Waals surface area (Å²) in [6.07, 6.45) is 4.07. The third kappa shape index (κ3) is 5.69. The zero-order chi connectivity index (χ0) is 19.6. The van der Waals surface area contributed by atoms with Crippen molar-refractivity contribution in [3.8, 4) is 5.75 Å². The van der Waals surface area contributed by atoms with Crippen molar-refractivity contribution in [3.63, 3.8) is 0 Å². The number of methoxy groups -OCH3 is 1. The lowest BCUT2D eigenvalue weighted by atomic mass is 9.94. The van der Waals surface area contributed by atoms with Gasteiger partial charge >= 0.3 is 0 Å². The molecule has 0 amide bonds. The van der Waals surface area contributed by atoms with Crippen molar-refractivity contribution in [3.05, 3.63) is 65.2 Å². The molecule has 0 saturated carbocycles. The van der Waals surface area contributed by atoms with Gasteiger partial charge in [-0.25, -0.2) is 0 Å². The summed E-state index contributed by atoms with van der Waals surface area (Å²) in [4.78, 5) is 12.9. The first-order valence-electron chi connectivity index (χ1n) is 9.42. The third-order valence-corrected chi connectivity index (χ3v) is 4.43. The van der Waals surface area contributed by atoms with E-state index in [9.17, 15) is 4.79 Å². The highest BCUT2D eigenvalue weighted by molar-refractivity contribution is 6.03. The number of carbonyl (C=O) groups is 1. The molecule has 0 aromatic heterocycles. The maximum atomic E-state index is 12.9. The molecular formula is C23H29NO3. The summed E-state index contributed by atoms with van der Waals surface area (Å²) in [6.45, 7) is 5.09. The van der Waals surface area contributed by atoms with Gasteiger partial charge in [-0.1, -0.05) is 38.1 Å². The number of hydrogen-bond donors (Lipinski definition) is 1. The molecule has 27 heavy (non-hydrogen) atoms. The van der Waals surface area contributed by atoms with Gasteiger partial charge in [-0.05, 0) is 48.2 Å². The lowest BCUT2D eigenvalue weighted by Gasteiger charge is -2.14. The van der Waals surface area contributed by atoms with Crippen LogP contribution < -0.4 is 10.5 Å². The van der Waals surface area contributed by atoms with Crippen LogP contribution in [0.4, 0.5) is 5.69 Å².